The molecule has 9 heteroatoms. The molecule has 0 radical (unpaired) electrons. The van der Waals surface area contributed by atoms with Crippen molar-refractivity contribution in [1.29, 1.82) is 0 Å². The van der Waals surface area contributed by atoms with Crippen LogP contribution in [0.15, 0.2) is 42.5 Å². The fraction of sp³-hybridized carbons (Fsp3) is 0.176. The first-order valence-corrected chi connectivity index (χ1v) is 7.95. The summed E-state index contributed by atoms with van der Waals surface area (Å²) >= 11 is 5.85. The number of rotatable bonds is 3. The zero-order valence-corrected chi connectivity index (χ0v) is 13.9. The van der Waals surface area contributed by atoms with Crippen molar-refractivity contribution in [3.05, 3.63) is 53.1 Å². The first-order chi connectivity index (χ1) is 12.2. The lowest BCUT2D eigenvalue weighted by molar-refractivity contribution is -0.137. The maximum absolute atomic E-state index is 12.8. The zero-order chi connectivity index (χ0) is 18.9. The van der Waals surface area contributed by atoms with Crippen LogP contribution in [0, 0.1) is 0 Å². The van der Waals surface area contributed by atoms with Gasteiger partial charge in [-0.25, -0.2) is 0 Å². The van der Waals surface area contributed by atoms with E-state index in [4.69, 9.17) is 11.6 Å². The maximum atomic E-state index is 12.8. The van der Waals surface area contributed by atoms with Crippen LogP contribution in [0.25, 0.3) is 0 Å². The van der Waals surface area contributed by atoms with Gasteiger partial charge in [0.05, 0.1) is 34.1 Å². The second-order valence-corrected chi connectivity index (χ2v) is 6.08. The van der Waals surface area contributed by atoms with Crippen LogP contribution in [0.5, 0.6) is 0 Å². The smallest absolute Gasteiger partial charge is 0.372 e. The van der Waals surface area contributed by atoms with Gasteiger partial charge in [0.1, 0.15) is 6.04 Å². The molecule has 2 aromatic rings. The molecule has 0 unspecified atom stereocenters. The molecule has 26 heavy (non-hydrogen) atoms. The molecule has 1 aliphatic rings. The summed E-state index contributed by atoms with van der Waals surface area (Å²) in [4.78, 5) is 24.2. The van der Waals surface area contributed by atoms with Crippen molar-refractivity contribution in [2.75, 3.05) is 16.0 Å². The summed E-state index contributed by atoms with van der Waals surface area (Å²) in [5.74, 6) is -1.05. The van der Waals surface area contributed by atoms with Gasteiger partial charge >= 0.3 is 6.18 Å². The summed E-state index contributed by atoms with van der Waals surface area (Å²) in [5, 5.41) is 7.88. The second kappa shape index (κ2) is 6.87. The van der Waals surface area contributed by atoms with Crippen LogP contribution in [0.3, 0.4) is 0 Å². The largest absolute Gasteiger partial charge is 0.416 e. The van der Waals surface area contributed by atoms with E-state index in [0.717, 1.165) is 18.2 Å². The van der Waals surface area contributed by atoms with E-state index < -0.39 is 29.6 Å². The van der Waals surface area contributed by atoms with E-state index in [1.54, 1.807) is 24.3 Å². The summed E-state index contributed by atoms with van der Waals surface area (Å²) < 4.78 is 38.3. The average Bonchev–Trinajstić information content (AvgIpc) is 2.56. The van der Waals surface area contributed by atoms with Gasteiger partial charge in [-0.2, -0.15) is 13.2 Å². The van der Waals surface area contributed by atoms with Gasteiger partial charge < -0.3 is 16.0 Å². The first kappa shape index (κ1) is 18.1. The maximum Gasteiger partial charge on any atom is 0.416 e. The molecule has 3 N–H and O–H groups in total. The number of anilines is 3. The number of carbonyl (C=O) groups is 2. The Balaban J connectivity index is 1.71. The van der Waals surface area contributed by atoms with E-state index in [1.165, 1.54) is 0 Å². The van der Waals surface area contributed by atoms with Crippen LogP contribution in [0.2, 0.25) is 5.02 Å². The fourth-order valence-electron chi connectivity index (χ4n) is 2.52. The lowest BCUT2D eigenvalue weighted by Crippen LogP contribution is -2.41. The number of hydrogen-bond donors (Lipinski definition) is 3. The van der Waals surface area contributed by atoms with Crippen LogP contribution in [-0.4, -0.2) is 17.9 Å². The Kier molecular flexibility index (Phi) is 4.78. The molecular formula is C17H13ClF3N3O2. The van der Waals surface area contributed by atoms with Gasteiger partial charge in [-0.05, 0) is 30.3 Å². The van der Waals surface area contributed by atoms with Crippen molar-refractivity contribution >= 4 is 40.5 Å². The monoisotopic (exact) mass is 383 g/mol. The predicted molar refractivity (Wildman–Crippen MR) is 92.2 cm³/mol. The highest BCUT2D eigenvalue weighted by Crippen LogP contribution is 2.34. The predicted octanol–water partition coefficient (Wildman–Crippen LogP) is 4.12. The molecule has 3 rings (SSSR count). The van der Waals surface area contributed by atoms with Crippen LogP contribution < -0.4 is 16.0 Å². The van der Waals surface area contributed by atoms with Gasteiger partial charge in [-0.3, -0.25) is 9.59 Å². The molecule has 0 spiro atoms. The summed E-state index contributed by atoms with van der Waals surface area (Å²) in [6.07, 6.45) is -4.83. The minimum absolute atomic E-state index is 0.0299. The number of fused-ring (bicyclic) bond motifs is 1. The van der Waals surface area contributed by atoms with Crippen molar-refractivity contribution in [2.24, 2.45) is 0 Å². The quantitative estimate of drug-likeness (QED) is 0.746. The minimum atomic E-state index is -4.56. The van der Waals surface area contributed by atoms with Crippen molar-refractivity contribution < 1.29 is 22.8 Å². The number of halogens is 4. The highest BCUT2D eigenvalue weighted by molar-refractivity contribution is 6.33. The van der Waals surface area contributed by atoms with Crippen molar-refractivity contribution in [2.45, 2.75) is 18.6 Å². The third-order valence-corrected chi connectivity index (χ3v) is 4.12. The van der Waals surface area contributed by atoms with E-state index in [0.29, 0.717) is 11.4 Å². The summed E-state index contributed by atoms with van der Waals surface area (Å²) in [5.41, 5.74) is 0.153. The molecule has 0 fully saturated rings. The number of alkyl halides is 3. The fourth-order valence-corrected chi connectivity index (χ4v) is 2.68. The Bertz CT molecular complexity index is 871. The van der Waals surface area contributed by atoms with Crippen LogP contribution >= 0.6 is 11.6 Å². The topological polar surface area (TPSA) is 70.2 Å². The number of carbonyl (C=O) groups excluding carboxylic acids is 2. The Hall–Kier alpha value is -2.74. The molecule has 2 amide bonds. The van der Waals surface area contributed by atoms with Gasteiger partial charge in [0, 0.05) is 0 Å². The molecule has 2 aromatic carbocycles. The van der Waals surface area contributed by atoms with Gasteiger partial charge in [0.2, 0.25) is 11.8 Å². The molecule has 1 aliphatic heterocycles. The Labute approximate surface area is 151 Å². The minimum Gasteiger partial charge on any atom is -0.372 e. The molecule has 136 valence electrons. The molecule has 0 aromatic heterocycles. The number of hydrogen-bond acceptors (Lipinski definition) is 3. The standard InChI is InChI=1S/C17H13ClF3N3O2/c18-10-6-5-9(17(19,20)21)7-13(10)23-15(25)8-14-16(26)24-12-4-2-1-3-11(12)22-14/h1-7,14,22H,8H2,(H,23,25)(H,24,26)/t14-/m0/s1. The Morgan fingerprint density at radius 1 is 1.15 bits per heavy atom. The van der Waals surface area contributed by atoms with Crippen LogP contribution in [0.1, 0.15) is 12.0 Å². The summed E-state index contributed by atoms with van der Waals surface area (Å²) in [6, 6.07) is 8.75. The van der Waals surface area contributed by atoms with Crippen molar-refractivity contribution in [1.82, 2.24) is 0 Å². The van der Waals surface area contributed by atoms with Crippen LogP contribution in [-0.2, 0) is 15.8 Å². The Morgan fingerprint density at radius 3 is 2.54 bits per heavy atom. The highest BCUT2D eigenvalue weighted by Gasteiger charge is 2.31. The summed E-state index contributed by atoms with van der Waals surface area (Å²) in [7, 11) is 0. The van der Waals surface area contributed by atoms with Gasteiger partial charge in [-0.15, -0.1) is 0 Å². The first-order valence-electron chi connectivity index (χ1n) is 7.57. The van der Waals surface area contributed by atoms with E-state index in [1.807, 2.05) is 0 Å². The van der Waals surface area contributed by atoms with Gasteiger partial charge in [0.15, 0.2) is 0 Å². The molecule has 0 bridgehead atoms. The molecule has 1 atom stereocenters. The van der Waals surface area contributed by atoms with E-state index in [-0.39, 0.29) is 17.1 Å². The lowest BCUT2D eigenvalue weighted by atomic mass is 10.1. The molecule has 0 saturated carbocycles. The number of benzene rings is 2. The molecule has 0 saturated heterocycles. The van der Waals surface area contributed by atoms with E-state index in [2.05, 4.69) is 16.0 Å². The molecule has 5 nitrogen and oxygen atoms in total. The van der Waals surface area contributed by atoms with Crippen LogP contribution in [0.4, 0.5) is 30.2 Å². The van der Waals surface area contributed by atoms with E-state index in [9.17, 15) is 22.8 Å². The van der Waals surface area contributed by atoms with Crippen molar-refractivity contribution in [3.8, 4) is 0 Å². The van der Waals surface area contributed by atoms with Gasteiger partial charge in [-0.1, -0.05) is 23.7 Å². The average molecular weight is 384 g/mol. The number of amides is 2. The summed E-state index contributed by atoms with van der Waals surface area (Å²) in [6.45, 7) is 0. The second-order valence-electron chi connectivity index (χ2n) is 5.68. The van der Waals surface area contributed by atoms with Crippen molar-refractivity contribution in [3.63, 3.8) is 0 Å². The third-order valence-electron chi connectivity index (χ3n) is 3.79. The molecule has 0 aliphatic carbocycles. The lowest BCUT2D eigenvalue weighted by Gasteiger charge is -2.26. The highest BCUT2D eigenvalue weighted by atomic mass is 35.5. The van der Waals surface area contributed by atoms with Gasteiger partial charge in [0.25, 0.3) is 0 Å². The number of nitrogens with one attached hydrogen (secondary N) is 3. The number of para-hydroxylation sites is 2. The molecular weight excluding hydrogens is 371 g/mol. The zero-order valence-electron chi connectivity index (χ0n) is 13.2. The van der Waals surface area contributed by atoms with E-state index >= 15 is 0 Å². The third kappa shape index (κ3) is 3.91. The normalized spacial score (nSPS) is 16.3. The molecule has 1 heterocycles. The SMILES string of the molecule is O=C(C[C@@H]1Nc2ccccc2NC1=O)Nc1cc(C(F)(F)F)ccc1Cl. The Morgan fingerprint density at radius 2 is 1.85 bits per heavy atom.